The molecule has 16 aromatic carbocycles. The Morgan fingerprint density at radius 1 is 0.264 bits per heavy atom. The summed E-state index contributed by atoms with van der Waals surface area (Å²) < 4.78 is 4.37. The summed E-state index contributed by atoms with van der Waals surface area (Å²) in [5.41, 5.74) is 54.6. The third kappa shape index (κ3) is 25.6. The van der Waals surface area contributed by atoms with Crippen LogP contribution >= 0.6 is 28.5 Å². The average Bonchev–Trinajstić information content (AvgIpc) is 1.60. The molecule has 0 bridgehead atoms. The molecule has 17 heteroatoms. The summed E-state index contributed by atoms with van der Waals surface area (Å²) in [5.74, 6) is -0.211. The second-order valence-corrected chi connectivity index (χ2v) is 44.6. The van der Waals surface area contributed by atoms with Gasteiger partial charge in [-0.05, 0) is 291 Å². The standard InChI is InChI=1S/4C30H28N2.C5H8O2.C5H10O2.CH3.2BrH.3Ni/c4*1-17-13-19(3)27(20(4)14-17)31-29-24-11-7-9-23-10-8-12-25(26(23)24)30(29)32-28-21(5)15-18(2)16-22(28)6;1-4(6)3-5(2)7;1-4(2)5(6)7-3;;;;;;/h4*7-16H,1-6H3;3,6H,1-2H3;4H,1-3H3;1H3;2*1H;;;/q;;;;;;-1;;;;;+2/p-2. The molecule has 0 spiro atoms. The van der Waals surface area contributed by atoms with Crippen molar-refractivity contribution >= 4 is 174 Å². The second-order valence-electron chi connectivity index (χ2n) is 39.6. The van der Waals surface area contributed by atoms with Gasteiger partial charge in [-0.25, -0.2) is 39.9 Å². The normalized spacial score (nSPS) is 14.4. The van der Waals surface area contributed by atoms with E-state index in [9.17, 15) is 9.59 Å². The van der Waals surface area contributed by atoms with Crippen LogP contribution in [0.25, 0.3) is 43.1 Å². The van der Waals surface area contributed by atoms with Crippen molar-refractivity contribution in [2.75, 3.05) is 7.11 Å². The van der Waals surface area contributed by atoms with Gasteiger partial charge < -0.3 is 17.3 Å². The predicted octanol–water partition coefficient (Wildman–Crippen LogP) is 35.8. The number of allylic oxidation sites excluding steroid dienone is 2. The van der Waals surface area contributed by atoms with E-state index < -0.39 is 0 Å². The van der Waals surface area contributed by atoms with Gasteiger partial charge in [-0.1, -0.05) is 301 Å². The van der Waals surface area contributed by atoms with E-state index in [1.165, 1.54) is 259 Å². The van der Waals surface area contributed by atoms with E-state index in [-0.39, 0.29) is 63.8 Å². The van der Waals surface area contributed by atoms with E-state index in [1.54, 1.807) is 13.8 Å². The molecule has 0 heterocycles. The zero-order valence-electron chi connectivity index (χ0n) is 90.7. The largest absolute Gasteiger partial charge is 0.358 e. The number of hydrogen-bond acceptors (Lipinski definition) is 12. The van der Waals surface area contributed by atoms with Crippen molar-refractivity contribution in [2.45, 2.75) is 194 Å². The molecule has 0 saturated carbocycles. The minimum atomic E-state index is -0.153. The Balaban J connectivity index is 0.000000176. The first-order valence-corrected chi connectivity index (χ1v) is 54.2. The number of carbonyl (C=O) groups excluding carboxylic acids is 2. The van der Waals surface area contributed by atoms with Crippen LogP contribution in [-0.2, 0) is 58.2 Å². The fraction of sp³-hybridized carbons (Fsp3) is 0.229. The topological polar surface area (TPSA) is 162 Å². The Hall–Kier alpha value is -13.0. The van der Waals surface area contributed by atoms with Gasteiger partial charge in [0.15, 0.2) is 5.78 Å². The smallest absolute Gasteiger partial charge is 0 e. The third-order valence-corrected chi connectivity index (χ3v) is 26.5. The maximum absolute atomic E-state index is 10.3. The molecule has 0 aliphatic heterocycles. The van der Waals surface area contributed by atoms with E-state index >= 15 is 0 Å². The summed E-state index contributed by atoms with van der Waals surface area (Å²) in [6, 6.07) is 87.2. The van der Waals surface area contributed by atoms with Crippen molar-refractivity contribution in [3.05, 3.63) is 440 Å². The van der Waals surface area contributed by atoms with E-state index in [0.29, 0.717) is 0 Å². The number of aryl methyl sites for hydroxylation is 24. The average molecular weight is 2220 g/mol. The van der Waals surface area contributed by atoms with Gasteiger partial charge in [0.1, 0.15) is 0 Å². The van der Waals surface area contributed by atoms with Crippen molar-refractivity contribution in [2.24, 2.45) is 45.9 Å². The predicted molar refractivity (Wildman–Crippen MR) is 629 cm³/mol. The van der Waals surface area contributed by atoms with Crippen molar-refractivity contribution < 1.29 is 63.3 Å². The number of benzene rings is 16. The summed E-state index contributed by atoms with van der Waals surface area (Å²) >= 11 is 6.00. The van der Waals surface area contributed by atoms with Gasteiger partial charge in [0.05, 0.1) is 110 Å². The Morgan fingerprint density at radius 2 is 0.385 bits per heavy atom. The minimum absolute atomic E-state index is 0. The fourth-order valence-electron chi connectivity index (χ4n) is 21.1. The molecule has 148 heavy (non-hydrogen) atoms. The Kier molecular flexibility index (Phi) is 38.9. The summed E-state index contributed by atoms with van der Waals surface area (Å²) in [6.07, 6.45) is 1.17. The first kappa shape index (κ1) is 115. The van der Waals surface area contributed by atoms with E-state index in [0.717, 1.165) is 91.2 Å². The number of methoxy groups -OCH3 is 1. The number of esters is 1. The number of aliphatic imine (C=N–C) groups is 8. The first-order chi connectivity index (χ1) is 69.0. The summed E-state index contributed by atoms with van der Waals surface area (Å²) in [7, 11) is 2.64. The number of hydrogen-bond donors (Lipinski definition) is 1. The van der Waals surface area contributed by atoms with Crippen LogP contribution in [0.1, 0.15) is 206 Å². The molecule has 0 unspecified atom stereocenters. The maximum Gasteiger partial charge on any atom is 0 e. The molecule has 12 nitrogen and oxygen atoms in total. The molecule has 20 rings (SSSR count). The molecule has 0 atom stereocenters. The monoisotopic (exact) mass is 2210 g/mol. The van der Waals surface area contributed by atoms with E-state index in [2.05, 4.69) is 442 Å². The number of nitrogens with zero attached hydrogens (tertiary/aromatic N) is 8. The van der Waals surface area contributed by atoms with E-state index in [4.69, 9.17) is 45.0 Å². The molecule has 0 radical (unpaired) electrons. The third-order valence-electron chi connectivity index (χ3n) is 26.5. The molecule has 16 aromatic rings. The number of ether oxygens (including phenoxy) is 1. The molecule has 1 N–H and O–H groups in total. The number of rotatable bonds is 10. The zero-order chi connectivity index (χ0) is 105. The number of halogens is 2. The van der Waals surface area contributed by atoms with Gasteiger partial charge >= 0.3 is 45.3 Å². The van der Waals surface area contributed by atoms with Crippen molar-refractivity contribution in [1.82, 2.24) is 0 Å². The van der Waals surface area contributed by atoms with Crippen LogP contribution < -0.4 is 0 Å². The summed E-state index contributed by atoms with van der Waals surface area (Å²) in [6.45, 7) is 57.9. The number of aliphatic hydroxyl groups is 1. The molecule has 0 amide bonds. The van der Waals surface area contributed by atoms with Gasteiger partial charge in [0.25, 0.3) is 0 Å². The van der Waals surface area contributed by atoms with Crippen LogP contribution in [0, 0.1) is 180 Å². The number of aliphatic hydroxyl groups excluding tert-OH is 1. The zero-order valence-corrected chi connectivity index (χ0v) is 96.8. The molecule has 0 aromatic heterocycles. The summed E-state index contributed by atoms with van der Waals surface area (Å²) in [4.78, 5) is 62.5. The van der Waals surface area contributed by atoms with Crippen molar-refractivity contribution in [3.63, 3.8) is 0 Å². The minimum Gasteiger partial charge on any atom is -0.358 e. The van der Waals surface area contributed by atoms with Crippen LogP contribution in [0.4, 0.5) is 45.5 Å². The van der Waals surface area contributed by atoms with Crippen LogP contribution in [0.5, 0.6) is 0 Å². The number of carbonyl (C=O) groups is 2. The molecule has 4 aliphatic rings. The summed E-state index contributed by atoms with van der Waals surface area (Å²) in [5, 5.41) is 18.3. The van der Waals surface area contributed by atoms with Gasteiger partial charge in [0, 0.05) is 105 Å². The van der Waals surface area contributed by atoms with Crippen LogP contribution in [0.3, 0.4) is 0 Å². The Morgan fingerprint density at radius 3 is 0.466 bits per heavy atom. The SMILES string of the molecule is CC(=O)C=C(C)O.COC(=O)C(C)C.Cc1cc(C)c(N=C2C(=Nc3c(C)cc(C)cc3C)c3cccc4cccc2c34)c(C)c1.Cc1cc(C)c(N=C2C(=Nc3c(C)cc(C)cc3C)c3cccc4cccc2c34)c(C)c1.Cc1cc(C)c(N=C2C(=Nc3c(C)cc(C)cc3C)c3cccc4cccc2c34)c(C)c1.Cc1cc(C)c(N=C2C(=Nc3c(C)cc(C)cc3C)c3cccc4cccc2c34)c(C)c1.[Br][Ni][Br].[CH3-].[Ni].[Ni]. The van der Waals surface area contributed by atoms with Crippen LogP contribution in [0.2, 0.25) is 0 Å². The molecule has 766 valence electrons. The van der Waals surface area contributed by atoms with Crippen LogP contribution in [-0.4, -0.2) is 69.7 Å². The Labute approximate surface area is 916 Å². The molecular weight excluding hydrogens is 2090 g/mol. The molecule has 0 fully saturated rings. The van der Waals surface area contributed by atoms with Gasteiger partial charge in [0.2, 0.25) is 0 Å². The van der Waals surface area contributed by atoms with Gasteiger partial charge in [-0.2, -0.15) is 0 Å². The maximum atomic E-state index is 10.3. The Bertz CT molecular complexity index is 6720. The molecule has 0 saturated heterocycles. The number of ketones is 1. The van der Waals surface area contributed by atoms with Gasteiger partial charge in [-0.15, -0.1) is 0 Å². The molecule has 4 aliphatic carbocycles. The quantitative estimate of drug-likeness (QED) is 0.0474. The van der Waals surface area contributed by atoms with E-state index in [1.807, 2.05) is 0 Å². The van der Waals surface area contributed by atoms with Crippen LogP contribution in [0.15, 0.2) is 294 Å². The first-order valence-electron chi connectivity index (χ1n) is 49.3. The second kappa shape index (κ2) is 49.9. The molecular formula is C131H133Br2N8Ni3O4-. The fourth-order valence-corrected chi connectivity index (χ4v) is 21.1. The van der Waals surface area contributed by atoms with Gasteiger partial charge in [-0.3, -0.25) is 9.59 Å². The van der Waals surface area contributed by atoms with Crippen molar-refractivity contribution in [1.29, 1.82) is 0 Å². The van der Waals surface area contributed by atoms with Crippen molar-refractivity contribution in [3.8, 4) is 0 Å².